The summed E-state index contributed by atoms with van der Waals surface area (Å²) in [6, 6.07) is 4.04. The molecule has 0 saturated heterocycles. The van der Waals surface area contributed by atoms with Gasteiger partial charge in [0.2, 0.25) is 0 Å². The second-order valence-electron chi connectivity index (χ2n) is 2.89. The highest BCUT2D eigenvalue weighted by molar-refractivity contribution is 5.41. The minimum absolute atomic E-state index is 0. The molecule has 3 heteroatoms. The molecule has 0 aliphatic heterocycles. The zero-order chi connectivity index (χ0) is 10.6. The number of hydrogen-bond acceptors (Lipinski definition) is 2. The topological polar surface area (TPSA) is 43.3 Å². The first kappa shape index (κ1) is 13.7. The van der Waals surface area contributed by atoms with Gasteiger partial charge in [0.1, 0.15) is 5.65 Å². The normalized spacial score (nSPS) is 9.07. The van der Waals surface area contributed by atoms with Crippen LogP contribution in [-0.4, -0.2) is 9.38 Å². The van der Waals surface area contributed by atoms with Crippen LogP contribution in [0, 0.1) is 6.92 Å². The maximum atomic E-state index is 5.55. The summed E-state index contributed by atoms with van der Waals surface area (Å²) in [5, 5.41) is 0. The zero-order valence-corrected chi connectivity index (χ0v) is 8.99. The summed E-state index contributed by atoms with van der Waals surface area (Å²) in [6.07, 6.45) is 3.86. The molecular formula is C12H21N3. The summed E-state index contributed by atoms with van der Waals surface area (Å²) < 4.78 is 2.02. The third-order valence-electron chi connectivity index (χ3n) is 1.94. The fourth-order valence-corrected chi connectivity index (χ4v) is 1.29. The minimum atomic E-state index is 0. The molecule has 2 aromatic heterocycles. The van der Waals surface area contributed by atoms with Crippen LogP contribution in [0.15, 0.2) is 24.5 Å². The van der Waals surface area contributed by atoms with E-state index in [1.54, 1.807) is 0 Å². The molecule has 84 valence electrons. The molecule has 0 aromatic carbocycles. The molecular weight excluding hydrogens is 186 g/mol. The Morgan fingerprint density at radius 3 is 2.60 bits per heavy atom. The van der Waals surface area contributed by atoms with Crippen LogP contribution < -0.4 is 5.73 Å². The van der Waals surface area contributed by atoms with Gasteiger partial charge in [-0.15, -0.1) is 0 Å². The van der Waals surface area contributed by atoms with Crippen LogP contribution in [0.4, 0.5) is 0 Å². The molecule has 3 nitrogen and oxygen atoms in total. The van der Waals surface area contributed by atoms with Crippen molar-refractivity contribution < 1.29 is 0 Å². The Balaban J connectivity index is 0.000000617. The van der Waals surface area contributed by atoms with Crippen molar-refractivity contribution in [3.05, 3.63) is 35.8 Å². The average Bonchev–Trinajstić information content (AvgIpc) is 2.63. The van der Waals surface area contributed by atoms with Gasteiger partial charge >= 0.3 is 0 Å². The molecule has 15 heavy (non-hydrogen) atoms. The van der Waals surface area contributed by atoms with Crippen molar-refractivity contribution in [3.63, 3.8) is 0 Å². The summed E-state index contributed by atoms with van der Waals surface area (Å²) in [4.78, 5) is 4.21. The lowest BCUT2D eigenvalue weighted by atomic mass is 10.3. The van der Waals surface area contributed by atoms with Gasteiger partial charge in [0.05, 0.1) is 11.9 Å². The lowest BCUT2D eigenvalue weighted by Gasteiger charge is -1.98. The number of fused-ring (bicyclic) bond motifs is 1. The molecule has 0 atom stereocenters. The highest BCUT2D eigenvalue weighted by atomic mass is 15.0. The highest BCUT2D eigenvalue weighted by Gasteiger charge is 1.99. The van der Waals surface area contributed by atoms with E-state index in [4.69, 9.17) is 5.73 Å². The highest BCUT2D eigenvalue weighted by Crippen LogP contribution is 2.07. The van der Waals surface area contributed by atoms with Crippen molar-refractivity contribution in [2.24, 2.45) is 5.73 Å². The number of pyridine rings is 1. The molecule has 0 aliphatic rings. The van der Waals surface area contributed by atoms with E-state index >= 15 is 0 Å². The van der Waals surface area contributed by atoms with E-state index in [2.05, 4.69) is 11.9 Å². The lowest BCUT2D eigenvalue weighted by Crippen LogP contribution is -2.00. The van der Waals surface area contributed by atoms with Crippen molar-refractivity contribution in [2.45, 2.75) is 34.7 Å². The van der Waals surface area contributed by atoms with E-state index in [1.165, 1.54) is 5.56 Å². The second kappa shape index (κ2) is 6.19. The number of aryl methyl sites for hydroxylation is 1. The van der Waals surface area contributed by atoms with Crippen molar-refractivity contribution in [3.8, 4) is 0 Å². The van der Waals surface area contributed by atoms with Gasteiger partial charge in [0.15, 0.2) is 0 Å². The Bertz CT molecular complexity index is 404. The van der Waals surface area contributed by atoms with Crippen LogP contribution in [0.5, 0.6) is 0 Å². The van der Waals surface area contributed by atoms with Crippen LogP contribution in [0.2, 0.25) is 0 Å². The van der Waals surface area contributed by atoms with Crippen molar-refractivity contribution in [2.75, 3.05) is 0 Å². The summed E-state index contributed by atoms with van der Waals surface area (Å²) in [5.41, 5.74) is 8.78. The van der Waals surface area contributed by atoms with Gasteiger partial charge in [0.25, 0.3) is 0 Å². The molecule has 2 rings (SSSR count). The van der Waals surface area contributed by atoms with E-state index in [0.29, 0.717) is 6.54 Å². The fourth-order valence-electron chi connectivity index (χ4n) is 1.29. The fraction of sp³-hybridized carbons (Fsp3) is 0.417. The van der Waals surface area contributed by atoms with Crippen LogP contribution >= 0.6 is 0 Å². The molecule has 2 N–H and O–H groups in total. The van der Waals surface area contributed by atoms with E-state index in [9.17, 15) is 0 Å². The molecule has 0 fully saturated rings. The van der Waals surface area contributed by atoms with Crippen LogP contribution in [0.25, 0.3) is 5.65 Å². The second-order valence-corrected chi connectivity index (χ2v) is 2.89. The summed E-state index contributed by atoms with van der Waals surface area (Å²) in [7, 11) is 0. The smallest absolute Gasteiger partial charge is 0.136 e. The number of hydrogen-bond donors (Lipinski definition) is 1. The van der Waals surface area contributed by atoms with E-state index in [1.807, 2.05) is 42.8 Å². The molecule has 0 unspecified atom stereocenters. The van der Waals surface area contributed by atoms with Gasteiger partial charge in [-0.25, -0.2) is 4.98 Å². The molecule has 0 aliphatic carbocycles. The molecule has 0 bridgehead atoms. The monoisotopic (exact) mass is 207 g/mol. The lowest BCUT2D eigenvalue weighted by molar-refractivity contribution is 0.954. The zero-order valence-electron chi connectivity index (χ0n) is 8.99. The first-order valence-electron chi connectivity index (χ1n) is 4.94. The average molecular weight is 207 g/mol. The predicted molar refractivity (Wildman–Crippen MR) is 65.9 cm³/mol. The van der Waals surface area contributed by atoms with Gasteiger partial charge in [-0.3, -0.25) is 0 Å². The SMILES string of the molecule is C.CC.Cc1ccc2ncc(CN)n2c1. The number of rotatable bonds is 1. The Hall–Kier alpha value is -1.35. The van der Waals surface area contributed by atoms with E-state index < -0.39 is 0 Å². The molecule has 0 radical (unpaired) electrons. The summed E-state index contributed by atoms with van der Waals surface area (Å²) in [6.45, 7) is 6.59. The first-order valence-corrected chi connectivity index (χ1v) is 4.94. The minimum Gasteiger partial charge on any atom is -0.325 e. The molecule has 0 spiro atoms. The quantitative estimate of drug-likeness (QED) is 0.781. The van der Waals surface area contributed by atoms with Gasteiger partial charge in [0, 0.05) is 12.7 Å². The third-order valence-corrected chi connectivity index (χ3v) is 1.94. The van der Waals surface area contributed by atoms with Gasteiger partial charge in [-0.1, -0.05) is 27.3 Å². The summed E-state index contributed by atoms with van der Waals surface area (Å²) in [5.74, 6) is 0. The van der Waals surface area contributed by atoms with Crippen LogP contribution in [0.1, 0.15) is 32.5 Å². The Labute approximate surface area is 91.9 Å². The Morgan fingerprint density at radius 1 is 1.33 bits per heavy atom. The summed E-state index contributed by atoms with van der Waals surface area (Å²) >= 11 is 0. The molecule has 0 amide bonds. The number of aromatic nitrogens is 2. The van der Waals surface area contributed by atoms with Gasteiger partial charge in [-0.2, -0.15) is 0 Å². The number of nitrogens with zero attached hydrogens (tertiary/aromatic N) is 2. The Morgan fingerprint density at radius 2 is 2.00 bits per heavy atom. The first-order chi connectivity index (χ1) is 6.81. The van der Waals surface area contributed by atoms with E-state index in [-0.39, 0.29) is 7.43 Å². The Kier molecular flexibility index (Phi) is 5.64. The largest absolute Gasteiger partial charge is 0.325 e. The third kappa shape index (κ3) is 2.80. The van der Waals surface area contributed by atoms with Gasteiger partial charge < -0.3 is 10.1 Å². The van der Waals surface area contributed by atoms with Crippen molar-refractivity contribution >= 4 is 5.65 Å². The maximum absolute atomic E-state index is 5.55. The van der Waals surface area contributed by atoms with Crippen LogP contribution in [0.3, 0.4) is 0 Å². The van der Waals surface area contributed by atoms with E-state index in [0.717, 1.165) is 11.3 Å². The number of nitrogens with two attached hydrogens (primary N) is 1. The van der Waals surface area contributed by atoms with Gasteiger partial charge in [-0.05, 0) is 18.6 Å². The predicted octanol–water partition coefficient (Wildman–Crippen LogP) is 2.76. The molecule has 2 aromatic rings. The molecule has 0 saturated carbocycles. The maximum Gasteiger partial charge on any atom is 0.136 e. The molecule has 2 heterocycles. The van der Waals surface area contributed by atoms with Crippen molar-refractivity contribution in [1.82, 2.24) is 9.38 Å². The number of imidazole rings is 1. The van der Waals surface area contributed by atoms with Crippen molar-refractivity contribution in [1.29, 1.82) is 0 Å². The van der Waals surface area contributed by atoms with Crippen LogP contribution in [-0.2, 0) is 6.54 Å². The standard InChI is InChI=1S/C9H11N3.C2H6.CH4/c1-7-2-3-9-11-5-8(4-10)12(9)6-7;1-2;/h2-3,5-6H,4,10H2,1H3;1-2H3;1H4.